The molecule has 0 bridgehead atoms. The number of thiophene rings is 1. The Hall–Kier alpha value is -2.92. The molecule has 3 aromatic heterocycles. The van der Waals surface area contributed by atoms with Crippen molar-refractivity contribution in [1.82, 2.24) is 24.9 Å². The first-order valence-electron chi connectivity index (χ1n) is 12.0. The molecule has 0 spiro atoms. The lowest BCUT2D eigenvalue weighted by molar-refractivity contribution is 0.0696. The fourth-order valence-electron chi connectivity index (χ4n) is 4.88. The third-order valence-corrected chi connectivity index (χ3v) is 8.40. The van der Waals surface area contributed by atoms with E-state index in [1.807, 2.05) is 6.07 Å². The van der Waals surface area contributed by atoms with Gasteiger partial charge in [-0.2, -0.15) is 0 Å². The van der Waals surface area contributed by atoms with E-state index in [2.05, 4.69) is 20.4 Å². The number of piperidine rings is 1. The van der Waals surface area contributed by atoms with Crippen LogP contribution in [0.15, 0.2) is 34.9 Å². The average Bonchev–Trinajstić information content (AvgIpc) is 3.27. The van der Waals surface area contributed by atoms with Gasteiger partial charge in [0.15, 0.2) is 11.6 Å². The molecule has 2 fully saturated rings. The van der Waals surface area contributed by atoms with Crippen molar-refractivity contribution < 1.29 is 19.2 Å². The van der Waals surface area contributed by atoms with Crippen LogP contribution < -0.4 is 5.32 Å². The molecule has 192 valence electrons. The van der Waals surface area contributed by atoms with Crippen LogP contribution in [0.25, 0.3) is 21.7 Å². The molecule has 2 N–H and O–H groups in total. The van der Waals surface area contributed by atoms with E-state index in [0.29, 0.717) is 32.9 Å². The molecule has 37 heavy (non-hydrogen) atoms. The molecule has 4 heterocycles. The van der Waals surface area contributed by atoms with Crippen LogP contribution >= 0.6 is 34.5 Å². The Morgan fingerprint density at radius 2 is 1.92 bits per heavy atom. The number of hydrogen-bond acceptors (Lipinski definition) is 7. The highest BCUT2D eigenvalue weighted by molar-refractivity contribution is 7.19. The maximum absolute atomic E-state index is 13.5. The van der Waals surface area contributed by atoms with Gasteiger partial charge in [0.2, 0.25) is 0 Å². The Labute approximate surface area is 226 Å². The number of carboxylic acid groups (broad SMARTS) is 1. The summed E-state index contributed by atoms with van der Waals surface area (Å²) in [7, 11) is 0. The second kappa shape index (κ2) is 9.75. The summed E-state index contributed by atoms with van der Waals surface area (Å²) in [5, 5.41) is 17.0. The molecular formula is C25H23Cl2N5O4S. The quantitative estimate of drug-likeness (QED) is 0.321. The summed E-state index contributed by atoms with van der Waals surface area (Å²) in [4.78, 5) is 32.9. The monoisotopic (exact) mass is 559 g/mol. The number of rotatable bonds is 7. The zero-order valence-corrected chi connectivity index (χ0v) is 21.9. The van der Waals surface area contributed by atoms with E-state index < -0.39 is 5.97 Å². The van der Waals surface area contributed by atoms with Gasteiger partial charge in [0.1, 0.15) is 5.69 Å². The smallest absolute Gasteiger partial charge is 0.335 e. The van der Waals surface area contributed by atoms with Crippen LogP contribution in [0, 0.1) is 0 Å². The number of aromatic nitrogens is 3. The van der Waals surface area contributed by atoms with Gasteiger partial charge in [-0.05, 0) is 49.9 Å². The first-order valence-corrected chi connectivity index (χ1v) is 13.6. The van der Waals surface area contributed by atoms with Crippen LogP contribution in [0.4, 0.5) is 0 Å². The van der Waals surface area contributed by atoms with Crippen molar-refractivity contribution in [1.29, 1.82) is 0 Å². The molecule has 1 saturated heterocycles. The van der Waals surface area contributed by atoms with E-state index in [9.17, 15) is 14.7 Å². The SMILES string of the molecule is O=C(O)c1cc(Cl)c2c(c1)nc(C(=O)NC1CCN(C3CC3)CC1)n2Cc1cc(-c2ccc(Cl)s2)on1. The Balaban J connectivity index is 1.31. The van der Waals surface area contributed by atoms with Crippen LogP contribution in [-0.2, 0) is 6.54 Å². The predicted molar refractivity (Wildman–Crippen MR) is 141 cm³/mol. The molecule has 1 amide bonds. The highest BCUT2D eigenvalue weighted by Gasteiger charge is 2.33. The number of fused-ring (bicyclic) bond motifs is 1. The molecule has 4 aromatic rings. The van der Waals surface area contributed by atoms with E-state index in [-0.39, 0.29) is 34.9 Å². The molecule has 0 unspecified atom stereocenters. The zero-order valence-electron chi connectivity index (χ0n) is 19.6. The van der Waals surface area contributed by atoms with Crippen LogP contribution in [-0.4, -0.2) is 61.8 Å². The number of carbonyl (C=O) groups excluding carboxylic acids is 1. The number of amides is 1. The maximum atomic E-state index is 13.5. The van der Waals surface area contributed by atoms with Gasteiger partial charge in [0, 0.05) is 31.2 Å². The molecule has 1 aliphatic carbocycles. The maximum Gasteiger partial charge on any atom is 0.335 e. The predicted octanol–water partition coefficient (Wildman–Crippen LogP) is 5.16. The Bertz CT molecular complexity index is 1500. The van der Waals surface area contributed by atoms with E-state index in [1.54, 1.807) is 16.7 Å². The van der Waals surface area contributed by atoms with Gasteiger partial charge in [-0.3, -0.25) is 4.79 Å². The summed E-state index contributed by atoms with van der Waals surface area (Å²) >= 11 is 14.0. The largest absolute Gasteiger partial charge is 0.478 e. The van der Waals surface area contributed by atoms with Gasteiger partial charge >= 0.3 is 5.97 Å². The van der Waals surface area contributed by atoms with Gasteiger partial charge in [-0.1, -0.05) is 28.4 Å². The van der Waals surface area contributed by atoms with Crippen molar-refractivity contribution in [3.63, 3.8) is 0 Å². The number of hydrogen-bond donors (Lipinski definition) is 2. The van der Waals surface area contributed by atoms with Crippen LogP contribution in [0.3, 0.4) is 0 Å². The van der Waals surface area contributed by atoms with Crippen LogP contribution in [0.5, 0.6) is 0 Å². The molecule has 12 heteroatoms. The number of carboxylic acids is 1. The summed E-state index contributed by atoms with van der Waals surface area (Å²) in [6.45, 7) is 2.09. The van der Waals surface area contributed by atoms with Gasteiger partial charge in [-0.15, -0.1) is 11.3 Å². The lowest BCUT2D eigenvalue weighted by Gasteiger charge is -2.32. The fourth-order valence-corrected chi connectivity index (χ4v) is 6.19. The van der Waals surface area contributed by atoms with Crippen molar-refractivity contribution in [2.45, 2.75) is 44.3 Å². The first-order chi connectivity index (χ1) is 17.9. The third kappa shape index (κ3) is 4.98. The number of carbonyl (C=O) groups is 2. The number of nitrogens with zero attached hydrogens (tertiary/aromatic N) is 4. The molecule has 6 rings (SSSR count). The second-order valence-corrected chi connectivity index (χ2v) is 11.6. The number of imidazole rings is 1. The lowest BCUT2D eigenvalue weighted by Crippen LogP contribution is -2.45. The summed E-state index contributed by atoms with van der Waals surface area (Å²) in [6, 6.07) is 8.95. The zero-order chi connectivity index (χ0) is 25.7. The van der Waals surface area contributed by atoms with Gasteiger partial charge in [0.05, 0.1) is 37.4 Å². The van der Waals surface area contributed by atoms with Crippen molar-refractivity contribution in [3.8, 4) is 10.6 Å². The minimum Gasteiger partial charge on any atom is -0.478 e. The fraction of sp³-hybridized carbons (Fsp3) is 0.360. The number of nitrogens with one attached hydrogen (secondary N) is 1. The minimum absolute atomic E-state index is 0.000137. The summed E-state index contributed by atoms with van der Waals surface area (Å²) in [6.07, 6.45) is 4.29. The first kappa shape index (κ1) is 24.4. The van der Waals surface area contributed by atoms with Crippen molar-refractivity contribution in [3.05, 3.63) is 56.8 Å². The van der Waals surface area contributed by atoms with Crippen molar-refractivity contribution >= 4 is 57.4 Å². The Morgan fingerprint density at radius 3 is 2.59 bits per heavy atom. The molecule has 0 radical (unpaired) electrons. The Kier molecular flexibility index (Phi) is 6.44. The van der Waals surface area contributed by atoms with E-state index >= 15 is 0 Å². The van der Waals surface area contributed by atoms with Crippen molar-refractivity contribution in [2.75, 3.05) is 13.1 Å². The van der Waals surface area contributed by atoms with Crippen LogP contribution in [0.2, 0.25) is 9.36 Å². The van der Waals surface area contributed by atoms with E-state index in [1.165, 1.54) is 36.3 Å². The summed E-state index contributed by atoms with van der Waals surface area (Å²) in [5.74, 6) is -0.748. The average molecular weight is 560 g/mol. The molecule has 1 aliphatic heterocycles. The molecule has 1 aromatic carbocycles. The van der Waals surface area contributed by atoms with Crippen LogP contribution in [0.1, 0.15) is 52.4 Å². The highest BCUT2D eigenvalue weighted by atomic mass is 35.5. The summed E-state index contributed by atoms with van der Waals surface area (Å²) < 4.78 is 7.82. The normalized spacial score (nSPS) is 16.9. The standard InChI is InChI=1S/C25H23Cl2N5O4S/c26-17-9-13(25(34)35)10-18-22(17)32(12-15-11-19(36-30-15)20-3-4-21(27)37-20)23(29-18)24(33)28-14-5-7-31(8-6-14)16-1-2-16/h3-4,9-11,14,16H,1-2,5-8,12H2,(H,28,33)(H,34,35). The molecule has 0 atom stereocenters. The number of aromatic carboxylic acids is 1. The minimum atomic E-state index is -1.12. The molecular weight excluding hydrogens is 537 g/mol. The number of halogens is 2. The number of benzene rings is 1. The molecule has 9 nitrogen and oxygen atoms in total. The third-order valence-electron chi connectivity index (χ3n) is 6.87. The Morgan fingerprint density at radius 1 is 1.14 bits per heavy atom. The molecule has 2 aliphatic rings. The van der Waals surface area contributed by atoms with E-state index in [0.717, 1.165) is 30.8 Å². The van der Waals surface area contributed by atoms with Gasteiger partial charge in [0.25, 0.3) is 5.91 Å². The van der Waals surface area contributed by atoms with Gasteiger partial charge in [-0.25, -0.2) is 9.78 Å². The highest BCUT2D eigenvalue weighted by Crippen LogP contribution is 2.33. The number of likely N-dealkylation sites (tertiary alicyclic amines) is 1. The molecule has 1 saturated carbocycles. The van der Waals surface area contributed by atoms with Crippen molar-refractivity contribution in [2.24, 2.45) is 0 Å². The topological polar surface area (TPSA) is 113 Å². The second-order valence-electron chi connectivity index (χ2n) is 9.45. The lowest BCUT2D eigenvalue weighted by atomic mass is 10.0. The van der Waals surface area contributed by atoms with Gasteiger partial charge < -0.3 is 24.4 Å². The van der Waals surface area contributed by atoms with E-state index in [4.69, 9.17) is 27.7 Å². The summed E-state index contributed by atoms with van der Waals surface area (Å²) in [5.41, 5.74) is 1.35.